The quantitative estimate of drug-likeness (QED) is 0.646. The molecule has 2 saturated carbocycles. The maximum Gasteiger partial charge on any atom is 0.330 e. The highest BCUT2D eigenvalue weighted by Gasteiger charge is 2.61. The third kappa shape index (κ3) is 4.44. The molecule has 2 aliphatic carbocycles. The number of hydrogen-bond donors (Lipinski definition) is 2. The van der Waals surface area contributed by atoms with Gasteiger partial charge in [-0.15, -0.1) is 10.2 Å². The highest BCUT2D eigenvalue weighted by Crippen LogP contribution is 2.47. The van der Waals surface area contributed by atoms with Gasteiger partial charge in [-0.1, -0.05) is 42.5 Å². The lowest BCUT2D eigenvalue weighted by Gasteiger charge is -2.26. The zero-order chi connectivity index (χ0) is 24.6. The molecule has 0 bridgehead atoms. The summed E-state index contributed by atoms with van der Waals surface area (Å²) in [5.74, 6) is -2.50. The predicted octanol–water partition coefficient (Wildman–Crippen LogP) is 2.07. The van der Waals surface area contributed by atoms with Gasteiger partial charge in [-0.25, -0.2) is 4.79 Å². The zero-order valence-electron chi connectivity index (χ0n) is 19.7. The standard InChI is InChI=1S/C25H30N6O4/c1-30-12-8-3-2-7-11-17-15-25(17,24(34)35)26-22(32)19-13-18(14-20(19)23(30)33)31-28-21(27-29-31)16-9-5-4-6-10-16/h4-7,9-11,17-20H,2-3,8,12-15H2,1H3,(H,26,32)(H,34,35)/b11-7-/t17-,18-,19-,20-,25?/m1/s1. The molecule has 0 spiro atoms. The van der Waals surface area contributed by atoms with Crippen LogP contribution in [0.1, 0.15) is 44.6 Å². The minimum absolute atomic E-state index is 0.0969. The van der Waals surface area contributed by atoms with Gasteiger partial charge in [-0.2, -0.15) is 4.80 Å². The average molecular weight is 479 g/mol. The molecule has 1 aromatic heterocycles. The number of benzene rings is 1. The normalized spacial score (nSPS) is 32.2. The molecule has 0 radical (unpaired) electrons. The smallest absolute Gasteiger partial charge is 0.330 e. The number of fused-ring (bicyclic) bond motifs is 2. The molecule has 1 unspecified atom stereocenters. The van der Waals surface area contributed by atoms with Gasteiger partial charge >= 0.3 is 5.97 Å². The van der Waals surface area contributed by atoms with Crippen LogP contribution in [-0.2, 0) is 14.4 Å². The molecule has 2 heterocycles. The van der Waals surface area contributed by atoms with Gasteiger partial charge in [0.15, 0.2) is 0 Å². The van der Waals surface area contributed by atoms with E-state index >= 15 is 0 Å². The van der Waals surface area contributed by atoms with Crippen molar-refractivity contribution in [2.24, 2.45) is 17.8 Å². The van der Waals surface area contributed by atoms with Gasteiger partial charge in [0.1, 0.15) is 5.54 Å². The van der Waals surface area contributed by atoms with Crippen LogP contribution < -0.4 is 5.32 Å². The predicted molar refractivity (Wildman–Crippen MR) is 126 cm³/mol. The number of nitrogens with zero attached hydrogens (tertiary/aromatic N) is 5. The Morgan fingerprint density at radius 1 is 1.14 bits per heavy atom. The number of aliphatic carboxylic acids is 1. The Bertz CT molecular complexity index is 1150. The van der Waals surface area contributed by atoms with Crippen molar-refractivity contribution < 1.29 is 19.5 Å². The number of amides is 2. The van der Waals surface area contributed by atoms with Crippen LogP contribution in [0.2, 0.25) is 0 Å². The average Bonchev–Trinajstić information content (AvgIpc) is 3.18. The summed E-state index contributed by atoms with van der Waals surface area (Å²) in [7, 11) is 1.77. The molecule has 35 heavy (non-hydrogen) atoms. The number of aromatic nitrogens is 4. The Morgan fingerprint density at radius 3 is 2.69 bits per heavy atom. The topological polar surface area (TPSA) is 130 Å². The van der Waals surface area contributed by atoms with Crippen molar-refractivity contribution in [2.75, 3.05) is 13.6 Å². The molecule has 10 nitrogen and oxygen atoms in total. The van der Waals surface area contributed by atoms with Gasteiger partial charge in [-0.3, -0.25) is 9.59 Å². The largest absolute Gasteiger partial charge is 0.479 e. The van der Waals surface area contributed by atoms with E-state index in [0.29, 0.717) is 31.6 Å². The van der Waals surface area contributed by atoms with E-state index in [-0.39, 0.29) is 17.9 Å². The van der Waals surface area contributed by atoms with Crippen molar-refractivity contribution in [3.63, 3.8) is 0 Å². The van der Waals surface area contributed by atoms with Crippen LogP contribution >= 0.6 is 0 Å². The van der Waals surface area contributed by atoms with Gasteiger partial charge < -0.3 is 15.3 Å². The Morgan fingerprint density at radius 2 is 1.91 bits per heavy atom. The molecular weight excluding hydrogens is 448 g/mol. The fourth-order valence-corrected chi connectivity index (χ4v) is 5.39. The zero-order valence-corrected chi connectivity index (χ0v) is 19.7. The number of carboxylic acids is 1. The summed E-state index contributed by atoms with van der Waals surface area (Å²) < 4.78 is 0. The maximum atomic E-state index is 13.4. The number of carbonyl (C=O) groups is 3. The van der Waals surface area contributed by atoms with Crippen molar-refractivity contribution in [3.05, 3.63) is 42.5 Å². The second kappa shape index (κ2) is 9.24. The van der Waals surface area contributed by atoms with Crippen LogP contribution in [0.25, 0.3) is 11.4 Å². The van der Waals surface area contributed by atoms with Crippen LogP contribution in [0.15, 0.2) is 42.5 Å². The number of hydrogen-bond acceptors (Lipinski definition) is 6. The van der Waals surface area contributed by atoms with Crippen molar-refractivity contribution in [1.29, 1.82) is 0 Å². The van der Waals surface area contributed by atoms with Crippen molar-refractivity contribution in [2.45, 2.75) is 50.1 Å². The monoisotopic (exact) mass is 478 g/mol. The Balaban J connectivity index is 1.41. The number of nitrogens with one attached hydrogen (secondary N) is 1. The van der Waals surface area contributed by atoms with E-state index in [2.05, 4.69) is 20.7 Å². The van der Waals surface area contributed by atoms with Crippen LogP contribution in [0.3, 0.4) is 0 Å². The van der Waals surface area contributed by atoms with Gasteiger partial charge in [0.25, 0.3) is 0 Å². The molecule has 5 rings (SSSR count). The van der Waals surface area contributed by atoms with E-state index in [0.717, 1.165) is 24.8 Å². The number of tetrazole rings is 1. The Labute approximate surface area is 203 Å². The maximum absolute atomic E-state index is 13.4. The molecule has 1 aromatic carbocycles. The third-order valence-corrected chi connectivity index (χ3v) is 7.58. The van der Waals surface area contributed by atoms with Gasteiger partial charge in [0.05, 0.1) is 17.9 Å². The highest BCUT2D eigenvalue weighted by molar-refractivity contribution is 5.94. The molecule has 3 aliphatic rings. The van der Waals surface area contributed by atoms with E-state index in [1.807, 2.05) is 42.5 Å². The van der Waals surface area contributed by atoms with E-state index in [4.69, 9.17) is 0 Å². The first-order valence-electron chi connectivity index (χ1n) is 12.2. The highest BCUT2D eigenvalue weighted by atomic mass is 16.4. The molecule has 1 aliphatic heterocycles. The summed E-state index contributed by atoms with van der Waals surface area (Å²) in [6, 6.07) is 9.20. The summed E-state index contributed by atoms with van der Waals surface area (Å²) >= 11 is 0. The summed E-state index contributed by atoms with van der Waals surface area (Å²) in [6.45, 7) is 0.615. The first kappa shape index (κ1) is 23.2. The molecule has 2 N–H and O–H groups in total. The Hall–Kier alpha value is -3.56. The summed E-state index contributed by atoms with van der Waals surface area (Å²) in [5, 5.41) is 25.6. The molecule has 2 aromatic rings. The van der Waals surface area contributed by atoms with E-state index in [1.54, 1.807) is 11.9 Å². The third-order valence-electron chi connectivity index (χ3n) is 7.58. The lowest BCUT2D eigenvalue weighted by molar-refractivity contribution is -0.145. The first-order valence-corrected chi connectivity index (χ1v) is 12.2. The summed E-state index contributed by atoms with van der Waals surface area (Å²) in [6.07, 6.45) is 7.58. The molecule has 2 fully saturated rings. The van der Waals surface area contributed by atoms with E-state index in [9.17, 15) is 19.5 Å². The SMILES string of the molecule is CN1CCCC/C=C\[C@@H]2CC2(C(=O)O)NC(=O)[C@@H]2C[C@@H](n3nnc(-c4ccccc4)n3)C[C@H]2C1=O. The van der Waals surface area contributed by atoms with Crippen molar-refractivity contribution in [3.8, 4) is 11.4 Å². The minimum atomic E-state index is -1.29. The lowest BCUT2D eigenvalue weighted by atomic mass is 9.93. The Kier molecular flexibility index (Phi) is 6.12. The van der Waals surface area contributed by atoms with Crippen molar-refractivity contribution >= 4 is 17.8 Å². The number of rotatable bonds is 3. The van der Waals surface area contributed by atoms with Crippen LogP contribution in [-0.4, -0.2) is 67.1 Å². The molecule has 184 valence electrons. The number of carboxylic acid groups (broad SMARTS) is 1. The summed E-state index contributed by atoms with van der Waals surface area (Å²) in [4.78, 5) is 42.1. The van der Waals surface area contributed by atoms with Crippen molar-refractivity contribution in [1.82, 2.24) is 30.4 Å². The summed E-state index contributed by atoms with van der Waals surface area (Å²) in [5.41, 5.74) is -0.457. The second-order valence-electron chi connectivity index (χ2n) is 9.90. The lowest BCUT2D eigenvalue weighted by Crippen LogP contribution is -2.49. The van der Waals surface area contributed by atoms with Crippen LogP contribution in [0, 0.1) is 17.8 Å². The minimum Gasteiger partial charge on any atom is -0.479 e. The second-order valence-corrected chi connectivity index (χ2v) is 9.90. The molecule has 0 saturated heterocycles. The number of allylic oxidation sites excluding steroid dienone is 1. The fourth-order valence-electron chi connectivity index (χ4n) is 5.39. The molecular formula is C25H30N6O4. The number of carbonyl (C=O) groups excluding carboxylic acids is 2. The van der Waals surface area contributed by atoms with Gasteiger partial charge in [0, 0.05) is 25.1 Å². The van der Waals surface area contributed by atoms with E-state index < -0.39 is 29.3 Å². The van der Waals surface area contributed by atoms with E-state index in [1.165, 1.54) is 4.80 Å². The fraction of sp³-hybridized carbons (Fsp3) is 0.520. The molecule has 2 amide bonds. The molecule has 5 atom stereocenters. The van der Waals surface area contributed by atoms with Gasteiger partial charge in [0.2, 0.25) is 17.6 Å². The first-order chi connectivity index (χ1) is 16.9. The molecule has 10 heteroatoms. The van der Waals surface area contributed by atoms with Gasteiger partial charge in [-0.05, 0) is 43.7 Å². The van der Waals surface area contributed by atoms with Crippen LogP contribution in [0.5, 0.6) is 0 Å². The van der Waals surface area contributed by atoms with Crippen LogP contribution in [0.4, 0.5) is 0 Å².